The lowest BCUT2D eigenvalue weighted by Crippen LogP contribution is -2.43. The first-order valence-electron chi connectivity index (χ1n) is 11.6. The van der Waals surface area contributed by atoms with Crippen LogP contribution in [0.5, 0.6) is 0 Å². The Morgan fingerprint density at radius 2 is 2.00 bits per heavy atom. The van der Waals surface area contributed by atoms with Gasteiger partial charge >= 0.3 is 0 Å². The third kappa shape index (κ3) is 5.12. The molecule has 0 radical (unpaired) electrons. The summed E-state index contributed by atoms with van der Waals surface area (Å²) in [7, 11) is -3.30. The highest BCUT2D eigenvalue weighted by Crippen LogP contribution is 2.39. The number of nitrogens with one attached hydrogen (secondary N) is 1. The van der Waals surface area contributed by atoms with Gasteiger partial charge in [0.2, 0.25) is 16.0 Å². The van der Waals surface area contributed by atoms with Gasteiger partial charge in [-0.05, 0) is 58.9 Å². The molecule has 10 heteroatoms. The summed E-state index contributed by atoms with van der Waals surface area (Å²) in [6.45, 7) is 6.44. The molecule has 2 aromatic rings. The molecule has 2 N–H and O–H groups in total. The Labute approximate surface area is 194 Å². The van der Waals surface area contributed by atoms with Gasteiger partial charge in [-0.3, -0.25) is 9.36 Å². The summed E-state index contributed by atoms with van der Waals surface area (Å²) in [5.74, 6) is 0.439. The van der Waals surface area contributed by atoms with E-state index in [1.54, 1.807) is 34.1 Å². The third-order valence-corrected chi connectivity index (χ3v) is 8.48. The second-order valence-corrected chi connectivity index (χ2v) is 11.7. The molecule has 9 nitrogen and oxygen atoms in total. The van der Waals surface area contributed by atoms with E-state index in [0.717, 1.165) is 23.8 Å². The van der Waals surface area contributed by atoms with Gasteiger partial charge in [-0.15, -0.1) is 0 Å². The predicted octanol–water partition coefficient (Wildman–Crippen LogP) is 2.44. The van der Waals surface area contributed by atoms with Crippen molar-refractivity contribution in [3.63, 3.8) is 0 Å². The number of hydrogen-bond donors (Lipinski definition) is 2. The average Bonchev–Trinajstić information content (AvgIpc) is 3.11. The molecular formula is C23H33N5O4S. The van der Waals surface area contributed by atoms with Gasteiger partial charge in [-0.2, -0.15) is 4.98 Å². The van der Waals surface area contributed by atoms with E-state index >= 15 is 0 Å². The van der Waals surface area contributed by atoms with Crippen molar-refractivity contribution < 1.29 is 13.5 Å². The van der Waals surface area contributed by atoms with Crippen LogP contribution in [0.2, 0.25) is 0 Å². The largest absolute Gasteiger partial charge is 0.388 e. The van der Waals surface area contributed by atoms with Crippen LogP contribution in [0, 0.1) is 0 Å². The van der Waals surface area contributed by atoms with E-state index in [1.807, 2.05) is 13.8 Å². The van der Waals surface area contributed by atoms with E-state index in [2.05, 4.69) is 15.3 Å². The lowest BCUT2D eigenvalue weighted by Gasteiger charge is -2.31. The van der Waals surface area contributed by atoms with Crippen molar-refractivity contribution in [1.29, 1.82) is 0 Å². The molecule has 1 aliphatic carbocycles. The van der Waals surface area contributed by atoms with E-state index < -0.39 is 15.6 Å². The summed E-state index contributed by atoms with van der Waals surface area (Å²) in [5, 5.41) is 14.9. The number of nitrogens with zero attached hydrogens (tertiary/aromatic N) is 4. The minimum Gasteiger partial charge on any atom is -0.388 e. The smallest absolute Gasteiger partial charge is 0.252 e. The van der Waals surface area contributed by atoms with Crippen molar-refractivity contribution in [1.82, 2.24) is 18.8 Å². The fourth-order valence-corrected chi connectivity index (χ4v) is 6.31. The molecule has 0 bridgehead atoms. The van der Waals surface area contributed by atoms with Crippen LogP contribution in [0.3, 0.4) is 0 Å². The van der Waals surface area contributed by atoms with Crippen LogP contribution in [0.25, 0.3) is 11.0 Å². The number of aromatic nitrogens is 3. The summed E-state index contributed by atoms with van der Waals surface area (Å²) >= 11 is 0. The normalized spacial score (nSPS) is 24.8. The maximum atomic E-state index is 12.7. The Balaban J connectivity index is 1.51. The van der Waals surface area contributed by atoms with Crippen molar-refractivity contribution in [3.05, 3.63) is 40.3 Å². The first-order valence-corrected chi connectivity index (χ1v) is 13.2. The maximum Gasteiger partial charge on any atom is 0.252 e. The molecule has 0 spiro atoms. The topological polar surface area (TPSA) is 117 Å². The number of aliphatic hydroxyl groups is 1. The molecule has 3 heterocycles. The molecule has 1 saturated carbocycles. The number of hydrogen-bond acceptors (Lipinski definition) is 7. The monoisotopic (exact) mass is 475 g/mol. The van der Waals surface area contributed by atoms with Crippen LogP contribution < -0.4 is 10.9 Å². The Morgan fingerprint density at radius 3 is 2.64 bits per heavy atom. The molecule has 2 fully saturated rings. The van der Waals surface area contributed by atoms with Gasteiger partial charge in [0, 0.05) is 36.8 Å². The van der Waals surface area contributed by atoms with Gasteiger partial charge in [0.05, 0.1) is 17.4 Å². The van der Waals surface area contributed by atoms with Crippen LogP contribution >= 0.6 is 0 Å². The second-order valence-electron chi connectivity index (χ2n) is 9.66. The van der Waals surface area contributed by atoms with Gasteiger partial charge in [0.25, 0.3) is 5.56 Å². The number of allylic oxidation sites excluding steroid dienone is 1. The fourth-order valence-electron chi connectivity index (χ4n) is 4.79. The lowest BCUT2D eigenvalue weighted by molar-refractivity contribution is 0.0267. The molecule has 4 rings (SSSR count). The number of sulfonamides is 1. The van der Waals surface area contributed by atoms with Crippen LogP contribution in [0.4, 0.5) is 5.95 Å². The zero-order valence-corrected chi connectivity index (χ0v) is 20.3. The SMILES string of the molecule is CC(C)=CCS(=O)(=O)N1CCC(Nc2ncc3ccc(=O)n([C@@H]4CCC[C@@]4(C)O)c3n2)CC1. The first kappa shape index (κ1) is 23.8. The van der Waals surface area contributed by atoms with E-state index in [9.17, 15) is 18.3 Å². The maximum absolute atomic E-state index is 12.7. The molecule has 2 aromatic heterocycles. The van der Waals surface area contributed by atoms with Crippen LogP contribution in [-0.2, 0) is 10.0 Å². The lowest BCUT2D eigenvalue weighted by atomic mass is 10.00. The van der Waals surface area contributed by atoms with Crippen LogP contribution in [0.15, 0.2) is 34.8 Å². The fraction of sp³-hybridized carbons (Fsp3) is 0.609. The Kier molecular flexibility index (Phi) is 6.61. The van der Waals surface area contributed by atoms with Crippen LogP contribution in [-0.4, -0.2) is 62.8 Å². The van der Waals surface area contributed by atoms with E-state index in [4.69, 9.17) is 0 Å². The molecule has 0 unspecified atom stereocenters. The first-order chi connectivity index (χ1) is 15.6. The van der Waals surface area contributed by atoms with Gasteiger partial charge in [0.1, 0.15) is 5.65 Å². The van der Waals surface area contributed by atoms with Crippen molar-refractivity contribution >= 4 is 27.0 Å². The molecule has 33 heavy (non-hydrogen) atoms. The molecule has 2 aliphatic rings. The second kappa shape index (κ2) is 9.15. The summed E-state index contributed by atoms with van der Waals surface area (Å²) in [6.07, 6.45) is 6.94. The van der Waals surface area contributed by atoms with Gasteiger partial charge in [-0.1, -0.05) is 11.6 Å². The zero-order chi connectivity index (χ0) is 23.8. The van der Waals surface area contributed by atoms with Crippen molar-refractivity contribution in [2.45, 2.75) is 70.6 Å². The van der Waals surface area contributed by atoms with Crippen molar-refractivity contribution in [3.8, 4) is 0 Å². The molecule has 2 atom stereocenters. The van der Waals surface area contributed by atoms with Gasteiger partial charge < -0.3 is 10.4 Å². The summed E-state index contributed by atoms with van der Waals surface area (Å²) in [4.78, 5) is 21.8. The Hall–Kier alpha value is -2.30. The number of piperidine rings is 1. The minimum atomic E-state index is -3.30. The molecule has 180 valence electrons. The number of anilines is 1. The Morgan fingerprint density at radius 1 is 1.27 bits per heavy atom. The molecular weight excluding hydrogens is 442 g/mol. The highest BCUT2D eigenvalue weighted by molar-refractivity contribution is 7.89. The summed E-state index contributed by atoms with van der Waals surface area (Å²) < 4.78 is 28.2. The minimum absolute atomic E-state index is 0.0314. The molecule has 1 saturated heterocycles. The summed E-state index contributed by atoms with van der Waals surface area (Å²) in [6, 6.07) is 2.91. The average molecular weight is 476 g/mol. The highest BCUT2D eigenvalue weighted by atomic mass is 32.2. The van der Waals surface area contributed by atoms with E-state index in [1.165, 1.54) is 6.07 Å². The summed E-state index contributed by atoms with van der Waals surface area (Å²) in [5.41, 5.74) is 0.352. The number of rotatable bonds is 6. The predicted molar refractivity (Wildman–Crippen MR) is 129 cm³/mol. The van der Waals surface area contributed by atoms with E-state index in [-0.39, 0.29) is 23.4 Å². The van der Waals surface area contributed by atoms with Gasteiger partial charge in [-0.25, -0.2) is 17.7 Å². The van der Waals surface area contributed by atoms with Crippen molar-refractivity contribution in [2.75, 3.05) is 24.2 Å². The third-order valence-electron chi connectivity index (χ3n) is 6.74. The molecule has 1 aliphatic heterocycles. The van der Waals surface area contributed by atoms with Gasteiger partial charge in [0.15, 0.2) is 0 Å². The van der Waals surface area contributed by atoms with Crippen LogP contribution in [0.1, 0.15) is 58.9 Å². The van der Waals surface area contributed by atoms with E-state index in [0.29, 0.717) is 43.9 Å². The highest BCUT2D eigenvalue weighted by Gasteiger charge is 2.39. The molecule has 0 aromatic carbocycles. The number of pyridine rings is 1. The zero-order valence-electron chi connectivity index (χ0n) is 19.5. The Bertz CT molecular complexity index is 1210. The molecule has 0 amide bonds. The quantitative estimate of drug-likeness (QED) is 0.616. The van der Waals surface area contributed by atoms with Crippen molar-refractivity contribution in [2.24, 2.45) is 0 Å². The standard InChI is InChI=1S/C23H33N5O4S/c1-16(2)10-14-33(31,32)27-12-8-18(9-13-27)25-22-24-15-17-6-7-20(29)28(21(17)26-22)19-5-4-11-23(19,3)30/h6-7,10,15,18-19,30H,4-5,8-9,11-14H2,1-3H3,(H,24,25,26)/t19-,23-/m1/s1. The number of fused-ring (bicyclic) bond motifs is 1.